The molecule has 3 heterocycles. The van der Waals surface area contributed by atoms with Gasteiger partial charge in [-0.1, -0.05) is 32.0 Å². The Morgan fingerprint density at radius 2 is 1.94 bits per heavy atom. The van der Waals surface area contributed by atoms with Crippen molar-refractivity contribution in [3.63, 3.8) is 0 Å². The normalized spacial score (nSPS) is 11.1. The van der Waals surface area contributed by atoms with Gasteiger partial charge in [-0.15, -0.1) is 0 Å². The summed E-state index contributed by atoms with van der Waals surface area (Å²) in [5.74, 6) is 0.289. The molecule has 8 heteroatoms. The summed E-state index contributed by atoms with van der Waals surface area (Å²) in [7, 11) is 1.31. The van der Waals surface area contributed by atoms with Crippen LogP contribution in [0.15, 0.2) is 65.4 Å². The first-order valence-corrected chi connectivity index (χ1v) is 11.2. The van der Waals surface area contributed by atoms with E-state index in [9.17, 15) is 9.59 Å². The van der Waals surface area contributed by atoms with E-state index in [1.54, 1.807) is 47.4 Å². The number of furan rings is 1. The van der Waals surface area contributed by atoms with Crippen LogP contribution in [0.5, 0.6) is 0 Å². The molecule has 0 aliphatic heterocycles. The molecule has 1 aromatic carbocycles. The number of pyridine rings is 1. The fourth-order valence-electron chi connectivity index (χ4n) is 3.75. The molecular formula is C26H28N4O4. The van der Waals surface area contributed by atoms with Gasteiger partial charge in [-0.3, -0.25) is 4.79 Å². The first-order chi connectivity index (χ1) is 16.5. The molecule has 0 aliphatic carbocycles. The first kappa shape index (κ1) is 23.1. The lowest BCUT2D eigenvalue weighted by Crippen LogP contribution is -2.17. The maximum atomic E-state index is 13.1. The van der Waals surface area contributed by atoms with Crippen molar-refractivity contribution in [2.75, 3.05) is 24.3 Å². The van der Waals surface area contributed by atoms with Crippen LogP contribution in [0, 0.1) is 5.92 Å². The molecule has 0 unspecified atom stereocenters. The molecule has 0 saturated heterocycles. The van der Waals surface area contributed by atoms with Crippen LogP contribution in [0.4, 0.5) is 11.4 Å². The number of hydrogen-bond donors (Lipinski definition) is 2. The Morgan fingerprint density at radius 3 is 2.62 bits per heavy atom. The second-order valence-electron chi connectivity index (χ2n) is 8.41. The smallest absolute Gasteiger partial charge is 0.356 e. The van der Waals surface area contributed by atoms with Gasteiger partial charge in [0.2, 0.25) is 0 Å². The lowest BCUT2D eigenvalue weighted by Gasteiger charge is -2.10. The van der Waals surface area contributed by atoms with Crippen molar-refractivity contribution in [2.24, 2.45) is 5.92 Å². The number of carbonyl (C=O) groups is 2. The van der Waals surface area contributed by atoms with Gasteiger partial charge in [-0.2, -0.15) is 0 Å². The number of esters is 1. The molecule has 0 radical (unpaired) electrons. The van der Waals surface area contributed by atoms with E-state index in [2.05, 4.69) is 29.5 Å². The summed E-state index contributed by atoms with van der Waals surface area (Å²) < 4.78 is 12.3. The lowest BCUT2D eigenvalue weighted by atomic mass is 10.1. The van der Waals surface area contributed by atoms with Gasteiger partial charge < -0.3 is 24.4 Å². The van der Waals surface area contributed by atoms with E-state index < -0.39 is 5.97 Å². The Kier molecular flexibility index (Phi) is 6.96. The Hall–Kier alpha value is -4.07. The number of hydrogen-bond acceptors (Lipinski definition) is 6. The van der Waals surface area contributed by atoms with Crippen molar-refractivity contribution in [1.82, 2.24) is 9.55 Å². The van der Waals surface area contributed by atoms with Gasteiger partial charge in [-0.25, -0.2) is 9.78 Å². The van der Waals surface area contributed by atoms with Crippen LogP contribution in [0.3, 0.4) is 0 Å². The number of carbonyl (C=O) groups excluding carboxylic acids is 2. The molecule has 0 spiro atoms. The molecule has 8 nitrogen and oxygen atoms in total. The topological polar surface area (TPSA) is 98.4 Å². The van der Waals surface area contributed by atoms with Crippen molar-refractivity contribution >= 4 is 34.3 Å². The van der Waals surface area contributed by atoms with E-state index in [4.69, 9.17) is 9.15 Å². The number of benzene rings is 1. The zero-order chi connectivity index (χ0) is 24.1. The summed E-state index contributed by atoms with van der Waals surface area (Å²) in [4.78, 5) is 30.6. The third-order valence-corrected chi connectivity index (χ3v) is 5.50. The fraction of sp³-hybridized carbons (Fsp3) is 0.269. The molecule has 0 bridgehead atoms. The van der Waals surface area contributed by atoms with E-state index in [1.807, 2.05) is 18.2 Å². The fourth-order valence-corrected chi connectivity index (χ4v) is 3.75. The zero-order valence-corrected chi connectivity index (χ0v) is 19.5. The molecular weight excluding hydrogens is 432 g/mol. The highest BCUT2D eigenvalue weighted by atomic mass is 16.5. The van der Waals surface area contributed by atoms with Crippen LogP contribution in [0.1, 0.15) is 46.9 Å². The molecule has 34 heavy (non-hydrogen) atoms. The Balaban J connectivity index is 1.83. The number of nitrogens with zero attached hydrogens (tertiary/aromatic N) is 2. The largest absolute Gasteiger partial charge is 0.467 e. The number of fused-ring (bicyclic) bond motifs is 1. The molecule has 0 atom stereocenters. The summed E-state index contributed by atoms with van der Waals surface area (Å²) in [6.07, 6.45) is 4.30. The maximum absolute atomic E-state index is 13.1. The minimum absolute atomic E-state index is 0.199. The first-order valence-electron chi connectivity index (χ1n) is 11.2. The molecule has 0 saturated carbocycles. The number of methoxy groups -OCH3 is 1. The van der Waals surface area contributed by atoms with Crippen LogP contribution in [0.2, 0.25) is 0 Å². The van der Waals surface area contributed by atoms with Gasteiger partial charge >= 0.3 is 5.97 Å². The van der Waals surface area contributed by atoms with Crippen LogP contribution >= 0.6 is 0 Å². The van der Waals surface area contributed by atoms with E-state index in [0.717, 1.165) is 18.7 Å². The van der Waals surface area contributed by atoms with Crippen LogP contribution in [-0.2, 0) is 11.3 Å². The Bertz CT molecular complexity index is 1280. The van der Waals surface area contributed by atoms with Crippen LogP contribution in [0.25, 0.3) is 11.0 Å². The van der Waals surface area contributed by atoms with Crippen molar-refractivity contribution < 1.29 is 18.7 Å². The third kappa shape index (κ3) is 4.96. The molecule has 176 valence electrons. The van der Waals surface area contributed by atoms with E-state index >= 15 is 0 Å². The van der Waals surface area contributed by atoms with Crippen molar-refractivity contribution in [2.45, 2.75) is 26.8 Å². The van der Waals surface area contributed by atoms with Crippen molar-refractivity contribution in [3.8, 4) is 0 Å². The molecule has 2 N–H and O–H groups in total. The minimum atomic E-state index is -0.581. The highest BCUT2D eigenvalue weighted by Gasteiger charge is 2.27. The average Bonchev–Trinajstić information content (AvgIpc) is 3.46. The monoisotopic (exact) mass is 460 g/mol. The minimum Gasteiger partial charge on any atom is -0.467 e. The van der Waals surface area contributed by atoms with Crippen molar-refractivity contribution in [3.05, 3.63) is 78.0 Å². The summed E-state index contributed by atoms with van der Waals surface area (Å²) in [6, 6.07) is 14.3. The number of rotatable bonds is 9. The molecule has 0 fully saturated rings. The van der Waals surface area contributed by atoms with Gasteiger partial charge in [0.05, 0.1) is 37.5 Å². The molecule has 4 rings (SSSR count). The highest BCUT2D eigenvalue weighted by Crippen LogP contribution is 2.33. The van der Waals surface area contributed by atoms with Gasteiger partial charge in [-0.05, 0) is 42.7 Å². The molecule has 4 aromatic rings. The lowest BCUT2D eigenvalue weighted by molar-refractivity contribution is 0.0590. The molecule has 1 amide bonds. The summed E-state index contributed by atoms with van der Waals surface area (Å²) in [5, 5.41) is 6.94. The van der Waals surface area contributed by atoms with Gasteiger partial charge in [0.15, 0.2) is 5.69 Å². The van der Waals surface area contributed by atoms with Gasteiger partial charge in [0.25, 0.3) is 5.91 Å². The summed E-state index contributed by atoms with van der Waals surface area (Å²) >= 11 is 0. The Labute approximate surface area is 197 Å². The number of anilines is 2. The summed E-state index contributed by atoms with van der Waals surface area (Å²) in [6.45, 7) is 5.37. The molecule has 0 aliphatic rings. The SMILES string of the molecule is COC(=O)c1c(NC(=O)c2ccccc2)c2cc(NCCC(C)C)cnc2n1Cc1ccco1. The maximum Gasteiger partial charge on any atom is 0.356 e. The number of amides is 1. The summed E-state index contributed by atoms with van der Waals surface area (Å²) in [5.41, 5.74) is 2.36. The predicted octanol–water partition coefficient (Wildman–Crippen LogP) is 5.17. The molecule has 3 aromatic heterocycles. The highest BCUT2D eigenvalue weighted by molar-refractivity contribution is 6.14. The standard InChI is InChI=1S/C26H28N4O4/c1-17(2)11-12-27-19-14-21-22(29-25(31)18-8-5-4-6-9-18)23(26(32)33-3)30(24(21)28-15-19)16-20-10-7-13-34-20/h4-10,13-15,17,27H,11-12,16H2,1-3H3,(H,29,31). The van der Waals surface area contributed by atoms with Crippen LogP contribution < -0.4 is 10.6 Å². The van der Waals surface area contributed by atoms with Gasteiger partial charge in [0.1, 0.15) is 11.4 Å². The quantitative estimate of drug-likeness (QED) is 0.334. The van der Waals surface area contributed by atoms with Gasteiger partial charge in [0, 0.05) is 17.5 Å². The number of ether oxygens (including phenoxy) is 1. The van der Waals surface area contributed by atoms with E-state index in [1.165, 1.54) is 7.11 Å². The predicted molar refractivity (Wildman–Crippen MR) is 131 cm³/mol. The second kappa shape index (κ2) is 10.2. The van der Waals surface area contributed by atoms with E-state index in [-0.39, 0.29) is 18.1 Å². The van der Waals surface area contributed by atoms with Crippen LogP contribution in [-0.4, -0.2) is 35.1 Å². The van der Waals surface area contributed by atoms with E-state index in [0.29, 0.717) is 34.0 Å². The average molecular weight is 461 g/mol. The Morgan fingerprint density at radius 1 is 1.15 bits per heavy atom. The number of aromatic nitrogens is 2. The number of nitrogens with one attached hydrogen (secondary N) is 2. The third-order valence-electron chi connectivity index (χ3n) is 5.50. The second-order valence-corrected chi connectivity index (χ2v) is 8.41. The zero-order valence-electron chi connectivity index (χ0n) is 19.5. The van der Waals surface area contributed by atoms with Crippen molar-refractivity contribution in [1.29, 1.82) is 0 Å².